The van der Waals surface area contributed by atoms with E-state index in [4.69, 9.17) is 4.74 Å². The Kier molecular flexibility index (Phi) is 6.59. The fraction of sp³-hybridized carbons (Fsp3) is 0.917. The topological polar surface area (TPSA) is 38.3 Å². The largest absolute Gasteiger partial charge is 0.391 e. The molecule has 1 fully saturated rings. The van der Waals surface area contributed by atoms with E-state index in [1.54, 1.807) is 0 Å². The SMILES string of the molecule is COCC(CBr)NC(=O)C1CCCC(C(F)(F)F)C1. The second-order valence-electron chi connectivity index (χ2n) is 4.92. The molecule has 0 aromatic rings. The predicted molar refractivity (Wildman–Crippen MR) is 69.1 cm³/mol. The smallest absolute Gasteiger partial charge is 0.383 e. The van der Waals surface area contributed by atoms with Crippen molar-refractivity contribution in [2.45, 2.75) is 37.9 Å². The second-order valence-corrected chi connectivity index (χ2v) is 5.56. The summed E-state index contributed by atoms with van der Waals surface area (Å²) in [7, 11) is 1.52. The zero-order valence-electron chi connectivity index (χ0n) is 10.8. The van der Waals surface area contributed by atoms with E-state index in [0.717, 1.165) is 0 Å². The first kappa shape index (κ1) is 16.8. The molecule has 0 spiro atoms. The van der Waals surface area contributed by atoms with Gasteiger partial charge in [0.25, 0.3) is 0 Å². The van der Waals surface area contributed by atoms with Gasteiger partial charge in [-0.3, -0.25) is 4.79 Å². The molecule has 0 heterocycles. The highest BCUT2D eigenvalue weighted by molar-refractivity contribution is 9.09. The van der Waals surface area contributed by atoms with Crippen molar-refractivity contribution >= 4 is 21.8 Å². The van der Waals surface area contributed by atoms with Crippen molar-refractivity contribution in [2.75, 3.05) is 19.0 Å². The van der Waals surface area contributed by atoms with Crippen LogP contribution in [0.1, 0.15) is 25.7 Å². The summed E-state index contributed by atoms with van der Waals surface area (Å²) >= 11 is 3.24. The highest BCUT2D eigenvalue weighted by atomic mass is 79.9. The summed E-state index contributed by atoms with van der Waals surface area (Å²) in [5, 5.41) is 3.25. The molecule has 0 bridgehead atoms. The molecule has 1 amide bonds. The number of amides is 1. The third-order valence-electron chi connectivity index (χ3n) is 3.41. The Hall–Kier alpha value is -0.300. The van der Waals surface area contributed by atoms with Crippen LogP contribution in [0.25, 0.3) is 0 Å². The van der Waals surface area contributed by atoms with E-state index in [-0.39, 0.29) is 24.8 Å². The third kappa shape index (κ3) is 5.30. The molecule has 112 valence electrons. The second kappa shape index (κ2) is 7.47. The number of carbonyl (C=O) groups excluding carboxylic acids is 1. The zero-order valence-corrected chi connectivity index (χ0v) is 12.4. The minimum absolute atomic E-state index is 0.0999. The van der Waals surface area contributed by atoms with Crippen molar-refractivity contribution in [2.24, 2.45) is 11.8 Å². The number of alkyl halides is 4. The Morgan fingerprint density at radius 3 is 2.68 bits per heavy atom. The molecule has 3 unspecified atom stereocenters. The van der Waals surface area contributed by atoms with Gasteiger partial charge in [0.1, 0.15) is 0 Å². The molecule has 0 saturated heterocycles. The summed E-state index contributed by atoms with van der Waals surface area (Å²) in [6.45, 7) is 0.340. The maximum absolute atomic E-state index is 12.7. The van der Waals surface area contributed by atoms with Crippen LogP contribution in [0.3, 0.4) is 0 Å². The van der Waals surface area contributed by atoms with Crippen LogP contribution in [-0.4, -0.2) is 37.2 Å². The number of rotatable bonds is 5. The van der Waals surface area contributed by atoms with E-state index < -0.39 is 18.0 Å². The van der Waals surface area contributed by atoms with Crippen LogP contribution in [0.4, 0.5) is 13.2 Å². The summed E-state index contributed by atoms with van der Waals surface area (Å²) in [5.41, 5.74) is 0. The van der Waals surface area contributed by atoms with E-state index in [2.05, 4.69) is 21.2 Å². The average molecular weight is 346 g/mol. The van der Waals surface area contributed by atoms with E-state index >= 15 is 0 Å². The van der Waals surface area contributed by atoms with E-state index in [0.29, 0.717) is 24.8 Å². The lowest BCUT2D eigenvalue weighted by Crippen LogP contribution is -2.44. The number of hydrogen-bond acceptors (Lipinski definition) is 2. The first-order chi connectivity index (χ1) is 8.88. The first-order valence-corrected chi connectivity index (χ1v) is 7.42. The standard InChI is InChI=1S/C12H19BrF3NO2/c1-19-7-10(6-13)17-11(18)8-3-2-4-9(5-8)12(14,15)16/h8-10H,2-7H2,1H3,(H,17,18). The average Bonchev–Trinajstić information content (AvgIpc) is 2.37. The lowest BCUT2D eigenvalue weighted by atomic mass is 9.80. The van der Waals surface area contributed by atoms with Crippen molar-refractivity contribution in [1.29, 1.82) is 0 Å². The Bertz CT molecular complexity index is 299. The molecule has 1 aliphatic rings. The molecule has 3 atom stereocenters. The molecule has 3 nitrogen and oxygen atoms in total. The van der Waals surface area contributed by atoms with Gasteiger partial charge < -0.3 is 10.1 Å². The Balaban J connectivity index is 2.52. The number of halogens is 4. The molecule has 1 rings (SSSR count). The van der Waals surface area contributed by atoms with Gasteiger partial charge in [-0.25, -0.2) is 0 Å². The molecular weight excluding hydrogens is 327 g/mol. The molecule has 0 aromatic heterocycles. The van der Waals surface area contributed by atoms with Crippen molar-refractivity contribution in [3.8, 4) is 0 Å². The Labute approximate surface area is 119 Å². The normalized spacial score (nSPS) is 25.9. The fourth-order valence-electron chi connectivity index (χ4n) is 2.37. The van der Waals surface area contributed by atoms with Crippen LogP contribution < -0.4 is 5.32 Å². The molecule has 1 aliphatic carbocycles. The number of nitrogens with one attached hydrogen (secondary N) is 1. The van der Waals surface area contributed by atoms with Gasteiger partial charge in [0, 0.05) is 18.4 Å². The number of hydrogen-bond donors (Lipinski definition) is 1. The highest BCUT2D eigenvalue weighted by Gasteiger charge is 2.43. The van der Waals surface area contributed by atoms with Gasteiger partial charge in [-0.15, -0.1) is 0 Å². The van der Waals surface area contributed by atoms with Gasteiger partial charge in [0.2, 0.25) is 5.91 Å². The minimum Gasteiger partial charge on any atom is -0.383 e. The van der Waals surface area contributed by atoms with Gasteiger partial charge in [-0.2, -0.15) is 13.2 Å². The molecule has 1 saturated carbocycles. The van der Waals surface area contributed by atoms with Crippen molar-refractivity contribution in [3.05, 3.63) is 0 Å². The quantitative estimate of drug-likeness (QED) is 0.778. The lowest BCUT2D eigenvalue weighted by molar-refractivity contribution is -0.186. The van der Waals surface area contributed by atoms with Gasteiger partial charge >= 0.3 is 6.18 Å². The van der Waals surface area contributed by atoms with Crippen LogP contribution in [0.15, 0.2) is 0 Å². The summed E-state index contributed by atoms with van der Waals surface area (Å²) in [4.78, 5) is 12.0. The first-order valence-electron chi connectivity index (χ1n) is 6.30. The Morgan fingerprint density at radius 2 is 2.16 bits per heavy atom. The summed E-state index contributed by atoms with van der Waals surface area (Å²) < 4.78 is 42.9. The van der Waals surface area contributed by atoms with E-state index in [1.807, 2.05) is 0 Å². The number of carbonyl (C=O) groups is 1. The number of ether oxygens (including phenoxy) is 1. The van der Waals surface area contributed by atoms with Crippen LogP contribution >= 0.6 is 15.9 Å². The summed E-state index contributed by atoms with van der Waals surface area (Å²) in [6.07, 6.45) is -3.18. The van der Waals surface area contributed by atoms with Crippen LogP contribution in [-0.2, 0) is 9.53 Å². The third-order valence-corrected chi connectivity index (χ3v) is 4.19. The predicted octanol–water partition coefficient (Wildman–Crippen LogP) is 2.88. The zero-order chi connectivity index (χ0) is 14.5. The molecular formula is C12H19BrF3NO2. The van der Waals surface area contributed by atoms with Crippen molar-refractivity contribution in [3.63, 3.8) is 0 Å². The van der Waals surface area contributed by atoms with Gasteiger partial charge in [-0.1, -0.05) is 22.4 Å². The van der Waals surface area contributed by atoms with Crippen LogP contribution in [0, 0.1) is 11.8 Å². The van der Waals surface area contributed by atoms with Crippen LogP contribution in [0.5, 0.6) is 0 Å². The van der Waals surface area contributed by atoms with Crippen LogP contribution in [0.2, 0.25) is 0 Å². The number of methoxy groups -OCH3 is 1. The maximum atomic E-state index is 12.7. The van der Waals surface area contributed by atoms with Gasteiger partial charge in [-0.05, 0) is 19.3 Å². The highest BCUT2D eigenvalue weighted by Crippen LogP contribution is 2.39. The van der Waals surface area contributed by atoms with E-state index in [9.17, 15) is 18.0 Å². The van der Waals surface area contributed by atoms with Gasteiger partial charge in [0.15, 0.2) is 0 Å². The van der Waals surface area contributed by atoms with Gasteiger partial charge in [0.05, 0.1) is 18.6 Å². The molecule has 0 aromatic carbocycles. The molecule has 0 radical (unpaired) electrons. The van der Waals surface area contributed by atoms with Crippen molar-refractivity contribution < 1.29 is 22.7 Å². The molecule has 7 heteroatoms. The summed E-state index contributed by atoms with van der Waals surface area (Å²) in [6, 6.07) is -0.205. The van der Waals surface area contributed by atoms with Crippen molar-refractivity contribution in [1.82, 2.24) is 5.32 Å². The minimum atomic E-state index is -4.19. The molecule has 0 aliphatic heterocycles. The molecule has 19 heavy (non-hydrogen) atoms. The van der Waals surface area contributed by atoms with E-state index in [1.165, 1.54) is 7.11 Å². The summed E-state index contributed by atoms with van der Waals surface area (Å²) in [5.74, 6) is -2.18. The lowest BCUT2D eigenvalue weighted by Gasteiger charge is -2.30. The monoisotopic (exact) mass is 345 g/mol. The maximum Gasteiger partial charge on any atom is 0.391 e. The Morgan fingerprint density at radius 1 is 1.47 bits per heavy atom. The fourth-order valence-corrected chi connectivity index (χ4v) is 2.72. The molecule has 1 N–H and O–H groups in total.